The van der Waals surface area contributed by atoms with Gasteiger partial charge in [-0.2, -0.15) is 11.3 Å². The van der Waals surface area contributed by atoms with Gasteiger partial charge in [-0.15, -0.1) is 0 Å². The van der Waals surface area contributed by atoms with E-state index in [-0.39, 0.29) is 12.0 Å². The van der Waals surface area contributed by atoms with E-state index in [4.69, 9.17) is 0 Å². The van der Waals surface area contributed by atoms with Crippen molar-refractivity contribution in [2.45, 2.75) is 25.9 Å². The van der Waals surface area contributed by atoms with Crippen molar-refractivity contribution in [1.29, 1.82) is 0 Å². The Labute approximate surface area is 93.3 Å². The van der Waals surface area contributed by atoms with E-state index in [2.05, 4.69) is 0 Å². The number of aliphatic hydroxyl groups excluding tert-OH is 1. The summed E-state index contributed by atoms with van der Waals surface area (Å²) >= 11 is 1.55. The van der Waals surface area contributed by atoms with Crippen LogP contribution in [0.5, 0.6) is 0 Å². The number of rotatable bonds is 1. The number of hydrogen-bond donors (Lipinski definition) is 1. The minimum atomic E-state index is -0.346. The maximum absolute atomic E-state index is 12.0. The Morgan fingerprint density at radius 1 is 1.60 bits per heavy atom. The first-order chi connectivity index (χ1) is 7.18. The molecular weight excluding hydrogens is 210 g/mol. The summed E-state index contributed by atoms with van der Waals surface area (Å²) in [4.78, 5) is 13.8. The molecule has 2 heterocycles. The van der Waals surface area contributed by atoms with Crippen molar-refractivity contribution in [2.24, 2.45) is 0 Å². The zero-order chi connectivity index (χ0) is 10.8. The summed E-state index contributed by atoms with van der Waals surface area (Å²) in [5, 5.41) is 13.4. The zero-order valence-electron chi connectivity index (χ0n) is 8.77. The molecule has 1 aromatic heterocycles. The Bertz CT molecular complexity index is 361. The van der Waals surface area contributed by atoms with Gasteiger partial charge in [0.15, 0.2) is 0 Å². The van der Waals surface area contributed by atoms with Crippen molar-refractivity contribution in [3.8, 4) is 0 Å². The number of hydrogen-bond acceptors (Lipinski definition) is 3. The molecule has 1 saturated heterocycles. The fourth-order valence-corrected chi connectivity index (χ4v) is 2.71. The highest BCUT2D eigenvalue weighted by Gasteiger charge is 2.24. The predicted molar refractivity (Wildman–Crippen MR) is 60.2 cm³/mol. The number of thiophene rings is 1. The van der Waals surface area contributed by atoms with Crippen molar-refractivity contribution in [3.05, 3.63) is 21.9 Å². The minimum Gasteiger partial charge on any atom is -0.391 e. The first-order valence-corrected chi connectivity index (χ1v) is 6.13. The van der Waals surface area contributed by atoms with E-state index in [1.165, 1.54) is 0 Å². The molecule has 0 spiro atoms. The Morgan fingerprint density at radius 3 is 3.00 bits per heavy atom. The van der Waals surface area contributed by atoms with Gasteiger partial charge in [0.2, 0.25) is 0 Å². The molecule has 1 N–H and O–H groups in total. The van der Waals surface area contributed by atoms with Crippen LogP contribution in [0.1, 0.15) is 28.8 Å². The fourth-order valence-electron chi connectivity index (χ4n) is 1.89. The lowest BCUT2D eigenvalue weighted by atomic mass is 10.1. The van der Waals surface area contributed by atoms with Gasteiger partial charge in [-0.3, -0.25) is 4.79 Å². The van der Waals surface area contributed by atoms with E-state index in [0.717, 1.165) is 30.5 Å². The second kappa shape index (κ2) is 4.33. The van der Waals surface area contributed by atoms with Gasteiger partial charge in [-0.25, -0.2) is 0 Å². The van der Waals surface area contributed by atoms with E-state index in [1.807, 2.05) is 17.7 Å². The molecule has 1 amide bonds. The molecule has 0 aromatic carbocycles. The van der Waals surface area contributed by atoms with Crippen LogP contribution in [0.2, 0.25) is 0 Å². The maximum Gasteiger partial charge on any atom is 0.255 e. The number of aliphatic hydroxyl groups is 1. The predicted octanol–water partition coefficient (Wildman–Crippen LogP) is 1.65. The molecule has 4 heteroatoms. The second-order valence-corrected chi connectivity index (χ2v) is 4.76. The minimum absolute atomic E-state index is 0.0625. The lowest BCUT2D eigenvalue weighted by Gasteiger charge is -2.30. The Balaban J connectivity index is 2.11. The average Bonchev–Trinajstić information content (AvgIpc) is 2.63. The molecule has 1 aliphatic heterocycles. The summed E-state index contributed by atoms with van der Waals surface area (Å²) in [5.74, 6) is 0.0625. The molecule has 82 valence electrons. The van der Waals surface area contributed by atoms with Crippen molar-refractivity contribution in [3.63, 3.8) is 0 Å². The molecule has 0 radical (unpaired) electrons. The summed E-state index contributed by atoms with van der Waals surface area (Å²) < 4.78 is 0. The summed E-state index contributed by atoms with van der Waals surface area (Å²) in [6.45, 7) is 3.20. The Kier molecular flexibility index (Phi) is 3.07. The number of likely N-dealkylation sites (tertiary alicyclic amines) is 1. The molecule has 1 aliphatic rings. The Hall–Kier alpha value is -0.870. The molecule has 0 aliphatic carbocycles. The first kappa shape index (κ1) is 10.6. The summed E-state index contributed by atoms with van der Waals surface area (Å²) in [7, 11) is 0. The molecule has 3 nitrogen and oxygen atoms in total. The molecule has 0 bridgehead atoms. The summed E-state index contributed by atoms with van der Waals surface area (Å²) in [6.07, 6.45) is 1.37. The van der Waals surface area contributed by atoms with Crippen LogP contribution in [0.25, 0.3) is 0 Å². The third kappa shape index (κ3) is 2.21. The van der Waals surface area contributed by atoms with Crippen LogP contribution in [0.3, 0.4) is 0 Å². The van der Waals surface area contributed by atoms with Crippen LogP contribution in [0, 0.1) is 6.92 Å². The molecule has 1 atom stereocenters. The molecule has 15 heavy (non-hydrogen) atoms. The highest BCUT2D eigenvalue weighted by molar-refractivity contribution is 7.08. The van der Waals surface area contributed by atoms with Crippen LogP contribution in [0.4, 0.5) is 0 Å². The second-order valence-electron chi connectivity index (χ2n) is 4.02. The smallest absolute Gasteiger partial charge is 0.255 e. The summed E-state index contributed by atoms with van der Waals surface area (Å²) in [6, 6.07) is 0. The topological polar surface area (TPSA) is 40.5 Å². The van der Waals surface area contributed by atoms with E-state index in [0.29, 0.717) is 6.54 Å². The molecular formula is C11H15NO2S. The maximum atomic E-state index is 12.0. The number of carbonyl (C=O) groups excluding carboxylic acids is 1. The molecule has 1 unspecified atom stereocenters. The fraction of sp³-hybridized carbons (Fsp3) is 0.545. The quantitative estimate of drug-likeness (QED) is 0.789. The highest BCUT2D eigenvalue weighted by Crippen LogP contribution is 2.19. The van der Waals surface area contributed by atoms with Crippen molar-refractivity contribution < 1.29 is 9.90 Å². The van der Waals surface area contributed by atoms with Gasteiger partial charge in [0.25, 0.3) is 5.91 Å². The van der Waals surface area contributed by atoms with Crippen molar-refractivity contribution in [2.75, 3.05) is 13.1 Å². The van der Waals surface area contributed by atoms with Gasteiger partial charge in [0.1, 0.15) is 0 Å². The van der Waals surface area contributed by atoms with Gasteiger partial charge in [-0.05, 0) is 30.7 Å². The van der Waals surface area contributed by atoms with Gasteiger partial charge in [0, 0.05) is 18.5 Å². The number of β-amino-alcohol motifs (C(OH)–C–C–N with tert-alkyl or cyclic N) is 1. The molecule has 0 saturated carbocycles. The first-order valence-electron chi connectivity index (χ1n) is 5.18. The Morgan fingerprint density at radius 2 is 2.40 bits per heavy atom. The van der Waals surface area contributed by atoms with E-state index >= 15 is 0 Å². The van der Waals surface area contributed by atoms with Gasteiger partial charge >= 0.3 is 0 Å². The van der Waals surface area contributed by atoms with Gasteiger partial charge in [0.05, 0.1) is 11.7 Å². The average molecular weight is 225 g/mol. The van der Waals surface area contributed by atoms with E-state index < -0.39 is 0 Å². The van der Waals surface area contributed by atoms with Crippen LogP contribution >= 0.6 is 11.3 Å². The number of amides is 1. The lowest BCUT2D eigenvalue weighted by molar-refractivity contribution is 0.0473. The number of nitrogens with zero attached hydrogens (tertiary/aromatic N) is 1. The molecule has 2 rings (SSSR count). The van der Waals surface area contributed by atoms with Crippen LogP contribution in [-0.4, -0.2) is 35.1 Å². The highest BCUT2D eigenvalue weighted by atomic mass is 32.1. The SMILES string of the molecule is Cc1cscc1C(=O)N1CCCC(O)C1. The largest absolute Gasteiger partial charge is 0.391 e. The van der Waals surface area contributed by atoms with E-state index in [9.17, 15) is 9.90 Å². The normalized spacial score (nSPS) is 21.7. The van der Waals surface area contributed by atoms with Crippen LogP contribution in [-0.2, 0) is 0 Å². The zero-order valence-corrected chi connectivity index (χ0v) is 9.59. The molecule has 1 fully saturated rings. The van der Waals surface area contributed by atoms with E-state index in [1.54, 1.807) is 16.2 Å². The van der Waals surface area contributed by atoms with Crippen LogP contribution < -0.4 is 0 Å². The number of carbonyl (C=O) groups is 1. The van der Waals surface area contributed by atoms with Gasteiger partial charge < -0.3 is 10.0 Å². The molecule has 1 aromatic rings. The van der Waals surface area contributed by atoms with Crippen molar-refractivity contribution >= 4 is 17.2 Å². The third-order valence-electron chi connectivity index (χ3n) is 2.77. The third-order valence-corrected chi connectivity index (χ3v) is 3.63. The standard InChI is InChI=1S/C11H15NO2S/c1-8-6-15-7-10(8)11(14)12-4-2-3-9(13)5-12/h6-7,9,13H,2-5H2,1H3. The number of piperidine rings is 1. The monoisotopic (exact) mass is 225 g/mol. The van der Waals surface area contributed by atoms with Crippen LogP contribution in [0.15, 0.2) is 10.8 Å². The lowest BCUT2D eigenvalue weighted by Crippen LogP contribution is -2.42. The van der Waals surface area contributed by atoms with Crippen molar-refractivity contribution in [1.82, 2.24) is 4.90 Å². The van der Waals surface area contributed by atoms with Gasteiger partial charge in [-0.1, -0.05) is 0 Å². The number of aryl methyl sites for hydroxylation is 1. The summed E-state index contributed by atoms with van der Waals surface area (Å²) in [5.41, 5.74) is 1.82.